The molecular weight excluding hydrogens is 220 g/mol. The molecule has 2 rings (SSSR count). The molecule has 1 N–H and O–H groups in total. The van der Waals surface area contributed by atoms with Crippen LogP contribution in [0.2, 0.25) is 0 Å². The monoisotopic (exact) mass is 240 g/mol. The molecule has 0 radical (unpaired) electrons. The third-order valence-corrected chi connectivity index (χ3v) is 3.55. The summed E-state index contributed by atoms with van der Waals surface area (Å²) in [4.78, 5) is 2.38. The predicted octanol–water partition coefficient (Wildman–Crippen LogP) is 2.02. The molecule has 16 heavy (non-hydrogen) atoms. The summed E-state index contributed by atoms with van der Waals surface area (Å²) in [5.74, 6) is 2.22. The Bertz CT molecular complexity index is 406. The van der Waals surface area contributed by atoms with Crippen LogP contribution in [0.3, 0.4) is 0 Å². The molecule has 1 unspecified atom stereocenters. The quantitative estimate of drug-likeness (QED) is 0.821. The molecule has 1 atom stereocenters. The fourth-order valence-electron chi connectivity index (χ4n) is 2.38. The van der Waals surface area contributed by atoms with Gasteiger partial charge in [-0.2, -0.15) is 5.10 Å². The summed E-state index contributed by atoms with van der Waals surface area (Å²) in [6.07, 6.45) is 1.26. The number of rotatable bonds is 3. The maximum Gasteiger partial charge on any atom is 0.195 e. The van der Waals surface area contributed by atoms with E-state index in [0.29, 0.717) is 11.8 Å². The van der Waals surface area contributed by atoms with E-state index in [9.17, 15) is 0 Å². The van der Waals surface area contributed by atoms with Gasteiger partial charge in [0.1, 0.15) is 5.82 Å². The average molecular weight is 240 g/mol. The first kappa shape index (κ1) is 11.8. The number of nitrogens with one attached hydrogen (secondary N) is 1. The molecule has 0 amide bonds. The van der Waals surface area contributed by atoms with Crippen LogP contribution in [0.15, 0.2) is 0 Å². The number of H-pyrrole nitrogens is 1. The Kier molecular flexibility index (Phi) is 3.44. The molecule has 1 aliphatic heterocycles. The molecule has 90 valence electrons. The Hall–Kier alpha value is -0.680. The maximum absolute atomic E-state index is 5.29. The first-order valence-corrected chi connectivity index (χ1v) is 6.32. The van der Waals surface area contributed by atoms with E-state index >= 15 is 0 Å². The van der Waals surface area contributed by atoms with Crippen LogP contribution in [0.25, 0.3) is 0 Å². The second-order valence-electron chi connectivity index (χ2n) is 5.07. The predicted molar refractivity (Wildman–Crippen MR) is 67.1 cm³/mol. The Morgan fingerprint density at radius 2 is 2.31 bits per heavy atom. The van der Waals surface area contributed by atoms with Crippen LogP contribution in [0.4, 0.5) is 0 Å². The minimum Gasteiger partial charge on any atom is -0.306 e. The van der Waals surface area contributed by atoms with Crippen molar-refractivity contribution in [1.82, 2.24) is 19.7 Å². The van der Waals surface area contributed by atoms with Crippen molar-refractivity contribution in [2.24, 2.45) is 5.92 Å². The molecule has 0 spiro atoms. The van der Waals surface area contributed by atoms with E-state index in [-0.39, 0.29) is 0 Å². The third-order valence-electron chi connectivity index (χ3n) is 3.23. The normalized spacial score (nSPS) is 22.1. The number of aromatic nitrogens is 3. The maximum atomic E-state index is 5.29. The van der Waals surface area contributed by atoms with Crippen LogP contribution in [0.1, 0.15) is 32.0 Å². The highest BCUT2D eigenvalue weighted by Gasteiger charge is 2.21. The molecule has 0 aliphatic carbocycles. The van der Waals surface area contributed by atoms with E-state index in [2.05, 4.69) is 40.6 Å². The second-order valence-corrected chi connectivity index (χ2v) is 5.46. The molecule has 1 aliphatic rings. The van der Waals surface area contributed by atoms with E-state index in [1.54, 1.807) is 0 Å². The highest BCUT2D eigenvalue weighted by atomic mass is 32.1. The zero-order valence-electron chi connectivity index (χ0n) is 10.2. The van der Waals surface area contributed by atoms with Crippen molar-refractivity contribution < 1.29 is 0 Å². The van der Waals surface area contributed by atoms with Crippen LogP contribution < -0.4 is 0 Å². The van der Waals surface area contributed by atoms with Crippen LogP contribution in [-0.4, -0.2) is 39.8 Å². The van der Waals surface area contributed by atoms with Gasteiger partial charge in [-0.1, -0.05) is 13.8 Å². The molecular formula is C11H20N4S. The van der Waals surface area contributed by atoms with Gasteiger partial charge in [0.05, 0.1) is 0 Å². The van der Waals surface area contributed by atoms with Crippen molar-refractivity contribution in [2.75, 3.05) is 20.1 Å². The minimum atomic E-state index is 0.423. The molecule has 5 heteroatoms. The van der Waals surface area contributed by atoms with Crippen LogP contribution >= 0.6 is 12.2 Å². The van der Waals surface area contributed by atoms with Gasteiger partial charge in [0.25, 0.3) is 0 Å². The summed E-state index contributed by atoms with van der Waals surface area (Å²) in [6.45, 7) is 7.69. The number of hydrogen-bond acceptors (Lipinski definition) is 3. The van der Waals surface area contributed by atoms with Crippen LogP contribution in [-0.2, 0) is 6.54 Å². The van der Waals surface area contributed by atoms with Crippen molar-refractivity contribution >= 4 is 12.2 Å². The molecule has 1 aromatic heterocycles. The van der Waals surface area contributed by atoms with Gasteiger partial charge < -0.3 is 9.47 Å². The van der Waals surface area contributed by atoms with Crippen LogP contribution in [0, 0.1) is 10.7 Å². The summed E-state index contributed by atoms with van der Waals surface area (Å²) in [7, 11) is 2.18. The van der Waals surface area contributed by atoms with Gasteiger partial charge in [-0.25, -0.2) is 0 Å². The zero-order chi connectivity index (χ0) is 11.7. The summed E-state index contributed by atoms with van der Waals surface area (Å²) in [5, 5.41) is 7.21. The SMILES string of the molecule is CC(C)c1n[nH]c(=S)n1CC1CCN(C)C1. The Balaban J connectivity index is 2.14. The summed E-state index contributed by atoms with van der Waals surface area (Å²) in [5.41, 5.74) is 0. The standard InChI is InChI=1S/C11H20N4S/c1-8(2)10-12-13-11(16)15(10)7-9-4-5-14(3)6-9/h8-9H,4-7H2,1-3H3,(H,13,16). The summed E-state index contributed by atoms with van der Waals surface area (Å²) in [6, 6.07) is 0. The van der Waals surface area contributed by atoms with Crippen molar-refractivity contribution in [3.8, 4) is 0 Å². The summed E-state index contributed by atoms with van der Waals surface area (Å²) < 4.78 is 2.93. The fraction of sp³-hybridized carbons (Fsp3) is 0.818. The molecule has 1 fully saturated rings. The number of nitrogens with zero attached hydrogens (tertiary/aromatic N) is 3. The van der Waals surface area contributed by atoms with Crippen molar-refractivity contribution in [1.29, 1.82) is 0 Å². The van der Waals surface area contributed by atoms with Crippen LogP contribution in [0.5, 0.6) is 0 Å². The number of likely N-dealkylation sites (tertiary alicyclic amines) is 1. The molecule has 1 aromatic rings. The van der Waals surface area contributed by atoms with Gasteiger partial charge in [0.2, 0.25) is 0 Å². The van der Waals surface area contributed by atoms with Gasteiger partial charge in [0.15, 0.2) is 4.77 Å². The lowest BCUT2D eigenvalue weighted by Crippen LogP contribution is -2.18. The molecule has 4 nitrogen and oxygen atoms in total. The minimum absolute atomic E-state index is 0.423. The lowest BCUT2D eigenvalue weighted by Gasteiger charge is -2.14. The lowest BCUT2D eigenvalue weighted by atomic mass is 10.1. The highest BCUT2D eigenvalue weighted by molar-refractivity contribution is 7.71. The first-order chi connectivity index (χ1) is 7.58. The zero-order valence-corrected chi connectivity index (χ0v) is 11.0. The largest absolute Gasteiger partial charge is 0.306 e. The van der Waals surface area contributed by atoms with E-state index in [1.165, 1.54) is 19.5 Å². The molecule has 0 saturated carbocycles. The Morgan fingerprint density at radius 1 is 1.56 bits per heavy atom. The summed E-state index contributed by atoms with van der Waals surface area (Å²) >= 11 is 5.29. The first-order valence-electron chi connectivity index (χ1n) is 5.91. The van der Waals surface area contributed by atoms with E-state index in [1.807, 2.05) is 0 Å². The van der Waals surface area contributed by atoms with E-state index in [4.69, 9.17) is 12.2 Å². The molecule has 1 saturated heterocycles. The highest BCUT2D eigenvalue weighted by Crippen LogP contribution is 2.19. The van der Waals surface area contributed by atoms with E-state index in [0.717, 1.165) is 17.1 Å². The van der Waals surface area contributed by atoms with Gasteiger partial charge in [-0.05, 0) is 38.1 Å². The van der Waals surface area contributed by atoms with Crippen molar-refractivity contribution in [3.63, 3.8) is 0 Å². The topological polar surface area (TPSA) is 36.9 Å². The van der Waals surface area contributed by atoms with E-state index < -0.39 is 0 Å². The molecule has 0 aromatic carbocycles. The second kappa shape index (κ2) is 4.67. The molecule has 0 bridgehead atoms. The Labute approximate surface area is 102 Å². The van der Waals surface area contributed by atoms with Crippen molar-refractivity contribution in [2.45, 2.75) is 32.7 Å². The fourth-order valence-corrected chi connectivity index (χ4v) is 2.59. The average Bonchev–Trinajstić information content (AvgIpc) is 2.76. The lowest BCUT2D eigenvalue weighted by molar-refractivity contribution is 0.373. The van der Waals surface area contributed by atoms with Gasteiger partial charge in [-0.15, -0.1) is 0 Å². The van der Waals surface area contributed by atoms with Gasteiger partial charge in [0, 0.05) is 19.0 Å². The smallest absolute Gasteiger partial charge is 0.195 e. The van der Waals surface area contributed by atoms with Crippen molar-refractivity contribution in [3.05, 3.63) is 10.6 Å². The molecule has 2 heterocycles. The number of hydrogen-bond donors (Lipinski definition) is 1. The third kappa shape index (κ3) is 2.35. The number of aromatic amines is 1. The Morgan fingerprint density at radius 3 is 2.88 bits per heavy atom. The van der Waals surface area contributed by atoms with Gasteiger partial charge >= 0.3 is 0 Å². The van der Waals surface area contributed by atoms with Gasteiger partial charge in [-0.3, -0.25) is 5.10 Å².